The largest absolute Gasteiger partial charge is 0.507 e. The van der Waals surface area contributed by atoms with E-state index >= 15 is 0 Å². The second-order valence-corrected chi connectivity index (χ2v) is 19.5. The molecule has 2 N–H and O–H groups in total. The standard InChI is InChI=1S/C48H64O4/c1-27-37-23-33(45(3,4)5)19-29(41(37)49)17-32-22-36(48(12,13)14)26-40(44(32)52-16)28(2)38-24-34(46(6,7)8)20-30(42(38)50)18-31-21-35(47(9,10)11)25-39(27)43(31)51-15/h19-28,49-50H,17-18H2,1-16H3/t27-,28-/m0/s1. The molecule has 1 aliphatic rings. The molecule has 0 aromatic heterocycles. The fourth-order valence-corrected chi connectivity index (χ4v) is 7.68. The minimum Gasteiger partial charge on any atom is -0.507 e. The van der Waals surface area contributed by atoms with Gasteiger partial charge in [-0.2, -0.15) is 0 Å². The van der Waals surface area contributed by atoms with Crippen LogP contribution < -0.4 is 9.47 Å². The Balaban J connectivity index is 2.00. The molecule has 5 rings (SSSR count). The van der Waals surface area contributed by atoms with Gasteiger partial charge in [0.25, 0.3) is 0 Å². The van der Waals surface area contributed by atoms with Crippen LogP contribution in [0.2, 0.25) is 0 Å². The molecule has 2 atom stereocenters. The number of phenols is 2. The van der Waals surface area contributed by atoms with Gasteiger partial charge in [-0.1, -0.05) is 145 Å². The summed E-state index contributed by atoms with van der Waals surface area (Å²) in [6, 6.07) is 17.8. The first-order valence-corrected chi connectivity index (χ1v) is 19.0. The van der Waals surface area contributed by atoms with Crippen molar-refractivity contribution in [1.29, 1.82) is 0 Å². The summed E-state index contributed by atoms with van der Waals surface area (Å²) in [5.74, 6) is 1.85. The maximum Gasteiger partial charge on any atom is 0.126 e. The van der Waals surface area contributed by atoms with Crippen LogP contribution in [-0.2, 0) is 34.5 Å². The van der Waals surface area contributed by atoms with E-state index in [2.05, 4.69) is 145 Å². The van der Waals surface area contributed by atoms with Gasteiger partial charge in [-0.15, -0.1) is 0 Å². The van der Waals surface area contributed by atoms with Crippen molar-refractivity contribution in [2.24, 2.45) is 0 Å². The van der Waals surface area contributed by atoms with Crippen molar-refractivity contribution in [2.45, 2.75) is 143 Å². The van der Waals surface area contributed by atoms with E-state index in [0.29, 0.717) is 24.3 Å². The number of methoxy groups -OCH3 is 2. The van der Waals surface area contributed by atoms with Crippen LogP contribution in [-0.4, -0.2) is 24.4 Å². The Hall–Kier alpha value is -3.92. The maximum absolute atomic E-state index is 12.4. The van der Waals surface area contributed by atoms with Gasteiger partial charge in [-0.05, 0) is 66.2 Å². The third kappa shape index (κ3) is 7.45. The van der Waals surface area contributed by atoms with E-state index < -0.39 is 0 Å². The molecule has 1 aliphatic carbocycles. The first-order chi connectivity index (χ1) is 23.9. The minimum absolute atomic E-state index is 0.143. The summed E-state index contributed by atoms with van der Waals surface area (Å²) in [5, 5.41) is 24.7. The summed E-state index contributed by atoms with van der Waals surface area (Å²) < 4.78 is 12.7. The van der Waals surface area contributed by atoms with Gasteiger partial charge in [0.1, 0.15) is 23.0 Å². The zero-order valence-corrected chi connectivity index (χ0v) is 34.9. The molecule has 52 heavy (non-hydrogen) atoms. The van der Waals surface area contributed by atoms with Crippen molar-refractivity contribution in [1.82, 2.24) is 0 Å². The average molecular weight is 705 g/mol. The van der Waals surface area contributed by atoms with Gasteiger partial charge < -0.3 is 19.7 Å². The Morgan fingerprint density at radius 1 is 0.423 bits per heavy atom. The molecule has 4 nitrogen and oxygen atoms in total. The number of phenolic OH excluding ortho intramolecular Hbond substituents is 2. The number of benzene rings is 4. The molecule has 4 heteroatoms. The van der Waals surface area contributed by atoms with E-state index in [4.69, 9.17) is 9.47 Å². The summed E-state index contributed by atoms with van der Waals surface area (Å²) in [7, 11) is 3.48. The van der Waals surface area contributed by atoms with Gasteiger partial charge in [-0.25, -0.2) is 0 Å². The van der Waals surface area contributed by atoms with Crippen LogP contribution in [0.3, 0.4) is 0 Å². The first kappa shape index (κ1) is 39.3. The summed E-state index contributed by atoms with van der Waals surface area (Å²) in [6.07, 6.45) is 0.984. The molecular formula is C48H64O4. The van der Waals surface area contributed by atoms with Crippen LogP contribution in [0.5, 0.6) is 23.0 Å². The van der Waals surface area contributed by atoms with E-state index in [1.165, 1.54) is 22.3 Å². The zero-order valence-electron chi connectivity index (χ0n) is 34.9. The van der Waals surface area contributed by atoms with E-state index in [-0.39, 0.29) is 33.5 Å². The molecule has 0 aliphatic heterocycles. The summed E-state index contributed by atoms with van der Waals surface area (Å²) in [6.45, 7) is 31.2. The van der Waals surface area contributed by atoms with Gasteiger partial charge >= 0.3 is 0 Å². The average Bonchev–Trinajstić information content (AvgIpc) is 3.02. The van der Waals surface area contributed by atoms with Gasteiger partial charge in [0.2, 0.25) is 0 Å². The third-order valence-electron chi connectivity index (χ3n) is 11.3. The highest BCUT2D eigenvalue weighted by atomic mass is 16.5. The molecule has 0 heterocycles. The lowest BCUT2D eigenvalue weighted by molar-refractivity contribution is 0.399. The van der Waals surface area contributed by atoms with E-state index in [9.17, 15) is 10.2 Å². The summed E-state index contributed by atoms with van der Waals surface area (Å²) in [4.78, 5) is 0. The van der Waals surface area contributed by atoms with Gasteiger partial charge in [0.15, 0.2) is 0 Å². The molecule has 4 aromatic carbocycles. The molecular weight excluding hydrogens is 641 g/mol. The molecule has 280 valence electrons. The maximum atomic E-state index is 12.4. The normalized spacial score (nSPS) is 16.8. The SMILES string of the molecule is COc1c2cc(C(C)(C)C)cc1[C@@H](C)c1cc(C(C)(C)C)cc(c1O)Cc1cc(C(C)(C)C)cc(c1OC)[C@@H](C)c1cc(C(C)(C)C)cc(c1O)C2. The van der Waals surface area contributed by atoms with Crippen LogP contribution in [0.15, 0.2) is 48.5 Å². The second-order valence-electron chi connectivity index (χ2n) is 19.5. The number of aromatic hydroxyl groups is 2. The van der Waals surface area contributed by atoms with E-state index in [0.717, 1.165) is 56.0 Å². The van der Waals surface area contributed by atoms with E-state index in [1.807, 2.05) is 0 Å². The monoisotopic (exact) mass is 704 g/mol. The van der Waals surface area contributed by atoms with Crippen molar-refractivity contribution in [2.75, 3.05) is 14.2 Å². The molecule has 0 radical (unpaired) electrons. The first-order valence-electron chi connectivity index (χ1n) is 19.0. The number of rotatable bonds is 2. The van der Waals surface area contributed by atoms with Crippen molar-refractivity contribution >= 4 is 0 Å². The topological polar surface area (TPSA) is 58.9 Å². The van der Waals surface area contributed by atoms with Crippen molar-refractivity contribution < 1.29 is 19.7 Å². The summed E-state index contributed by atoms with van der Waals surface area (Å²) >= 11 is 0. The van der Waals surface area contributed by atoms with Crippen LogP contribution in [0.4, 0.5) is 0 Å². The lowest BCUT2D eigenvalue weighted by Gasteiger charge is -2.30. The quantitative estimate of drug-likeness (QED) is 0.218. The Morgan fingerprint density at radius 2 is 0.673 bits per heavy atom. The van der Waals surface area contributed by atoms with Crippen molar-refractivity contribution in [3.63, 3.8) is 0 Å². The highest BCUT2D eigenvalue weighted by Crippen LogP contribution is 2.48. The number of hydrogen-bond acceptors (Lipinski definition) is 4. The van der Waals surface area contributed by atoms with Crippen LogP contribution in [0.25, 0.3) is 0 Å². The molecule has 0 amide bonds. The fourth-order valence-electron chi connectivity index (χ4n) is 7.68. The fraction of sp³-hybridized carbons (Fsp3) is 0.500. The van der Waals surface area contributed by atoms with Crippen LogP contribution in [0.1, 0.15) is 176 Å². The molecule has 4 aromatic rings. The van der Waals surface area contributed by atoms with Gasteiger partial charge in [-0.3, -0.25) is 0 Å². The Labute approximate surface area is 314 Å². The molecule has 8 bridgehead atoms. The molecule has 0 saturated carbocycles. The highest BCUT2D eigenvalue weighted by molar-refractivity contribution is 5.61. The predicted molar refractivity (Wildman–Crippen MR) is 218 cm³/mol. The van der Waals surface area contributed by atoms with Gasteiger partial charge in [0.05, 0.1) is 14.2 Å². The molecule has 0 saturated heterocycles. The highest BCUT2D eigenvalue weighted by Gasteiger charge is 2.31. The Kier molecular flexibility index (Phi) is 10.2. The second kappa shape index (κ2) is 13.5. The Bertz CT molecular complexity index is 1840. The smallest absolute Gasteiger partial charge is 0.126 e. The Morgan fingerprint density at radius 3 is 0.923 bits per heavy atom. The minimum atomic E-state index is -0.187. The number of fused-ring (bicyclic) bond motifs is 8. The molecule has 0 unspecified atom stereocenters. The van der Waals surface area contributed by atoms with E-state index in [1.54, 1.807) is 14.2 Å². The zero-order chi connectivity index (χ0) is 38.9. The summed E-state index contributed by atoms with van der Waals surface area (Å²) in [5.41, 5.74) is 11.7. The van der Waals surface area contributed by atoms with Gasteiger partial charge in [0, 0.05) is 46.9 Å². The van der Waals surface area contributed by atoms with Crippen molar-refractivity contribution in [3.8, 4) is 23.0 Å². The lowest BCUT2D eigenvalue weighted by Crippen LogP contribution is -2.17. The van der Waals surface area contributed by atoms with Crippen LogP contribution >= 0.6 is 0 Å². The number of hydrogen-bond donors (Lipinski definition) is 2. The molecule has 0 fully saturated rings. The lowest BCUT2D eigenvalue weighted by atomic mass is 9.76. The third-order valence-corrected chi connectivity index (χ3v) is 11.3. The predicted octanol–water partition coefficient (Wildman–Crippen LogP) is 12.1. The number of ether oxygens (including phenoxy) is 2. The molecule has 0 spiro atoms. The van der Waals surface area contributed by atoms with Crippen LogP contribution in [0, 0.1) is 0 Å². The van der Waals surface area contributed by atoms with Crippen molar-refractivity contribution in [3.05, 3.63) is 115 Å².